The molecule has 0 saturated carbocycles. The maximum atomic E-state index is 10.1. The summed E-state index contributed by atoms with van der Waals surface area (Å²) in [6, 6.07) is 0. The quantitative estimate of drug-likeness (QED) is 0.174. The van der Waals surface area contributed by atoms with Crippen LogP contribution in [-0.4, -0.2) is 136 Å². The zero-order valence-electron chi connectivity index (χ0n) is 9.32. The third-order valence-electron chi connectivity index (χ3n) is 1.69. The van der Waals surface area contributed by atoms with Gasteiger partial charge in [-0.1, -0.05) is 0 Å². The monoisotopic (exact) mass is 338 g/mol. The summed E-state index contributed by atoms with van der Waals surface area (Å²) in [6.45, 7) is -0.843. The van der Waals surface area contributed by atoms with E-state index in [0.717, 1.165) is 0 Å². The van der Waals surface area contributed by atoms with Gasteiger partial charge in [-0.05, 0) is 0 Å². The highest BCUT2D eigenvalue weighted by Gasteiger charge is 2.33. The fourth-order valence-electron chi connectivity index (χ4n) is 0.668. The molecule has 0 aliphatic rings. The molecule has 0 saturated heterocycles. The average Bonchev–Trinajstić information content (AvgIpc) is 2.35. The van der Waals surface area contributed by atoms with Crippen LogP contribution in [0.2, 0.25) is 0 Å². The molecule has 13 heteroatoms. The lowest BCUT2D eigenvalue weighted by atomic mass is 10.0. The fraction of sp³-hybridized carbons (Fsp3) is 0.625. The second-order valence-corrected chi connectivity index (χ2v) is 3.12. The Bertz CT molecular complexity index is 311. The van der Waals surface area contributed by atoms with Gasteiger partial charge in [-0.25, -0.2) is 14.4 Å². The summed E-state index contributed by atoms with van der Waals surface area (Å²) < 4.78 is 0. The highest BCUT2D eigenvalue weighted by molar-refractivity contribution is 6.27. The molecule has 4 atom stereocenters. The predicted molar refractivity (Wildman–Crippen MR) is 71.1 cm³/mol. The number of rotatable bonds is 5. The number of carboxylic acids is 3. The topological polar surface area (TPSA) is 213 Å². The molecule has 0 spiro atoms. The van der Waals surface area contributed by atoms with Gasteiger partial charge in [0.05, 0.1) is 6.61 Å². The Morgan fingerprint density at radius 2 is 1.10 bits per heavy atom. The molecule has 0 bridgehead atoms. The number of aliphatic hydroxyl groups is 5. The second-order valence-electron chi connectivity index (χ2n) is 3.12. The molecule has 0 aromatic heterocycles. The van der Waals surface area contributed by atoms with Gasteiger partial charge in [-0.2, -0.15) is 0 Å². The zero-order valence-corrected chi connectivity index (χ0v) is 9.32. The van der Waals surface area contributed by atoms with E-state index in [9.17, 15) is 4.79 Å². The molecule has 120 valence electrons. The van der Waals surface area contributed by atoms with Gasteiger partial charge in [0.15, 0.2) is 6.10 Å². The van der Waals surface area contributed by atoms with Gasteiger partial charge < -0.3 is 40.9 Å². The van der Waals surface area contributed by atoms with E-state index in [1.54, 1.807) is 0 Å². The third-order valence-corrected chi connectivity index (χ3v) is 1.69. The standard InChI is InChI=1S/C6H12O7.C2H2O4.2Mg.4H/c7-1-2(8)3(9)4(10)5(11)6(12)13;3-1(4)2(5)6;;;;;;/h2-5,7-11H,1H2,(H,12,13);(H,3,4)(H,5,6);;;;;;/t2-,3-,4+,5-;;;;;;;/m1......./s1. The van der Waals surface area contributed by atoms with Crippen LogP contribution in [0.3, 0.4) is 0 Å². The molecule has 11 nitrogen and oxygen atoms in total. The van der Waals surface area contributed by atoms with Crippen LogP contribution in [0.1, 0.15) is 0 Å². The van der Waals surface area contributed by atoms with Crippen molar-refractivity contribution in [3.63, 3.8) is 0 Å². The molecule has 0 aromatic carbocycles. The first-order chi connectivity index (χ1) is 8.56. The number of hydrogen-bond acceptors (Lipinski definition) is 8. The maximum absolute atomic E-state index is 10.1. The lowest BCUT2D eigenvalue weighted by Crippen LogP contribution is -2.48. The first kappa shape index (κ1) is 28.8. The number of carbonyl (C=O) groups is 3. The van der Waals surface area contributed by atoms with Crippen LogP contribution in [0, 0.1) is 0 Å². The molecule has 0 aliphatic heterocycles. The van der Waals surface area contributed by atoms with Gasteiger partial charge in [-0.3, -0.25) is 0 Å². The van der Waals surface area contributed by atoms with Crippen molar-refractivity contribution in [2.45, 2.75) is 24.4 Å². The Balaban J connectivity index is -0.000000156. The van der Waals surface area contributed by atoms with Gasteiger partial charge in [0.2, 0.25) is 0 Å². The highest BCUT2D eigenvalue weighted by Crippen LogP contribution is 2.04. The molecule has 8 N–H and O–H groups in total. The largest absolute Gasteiger partial charge is 0.479 e. The zero-order chi connectivity index (χ0) is 15.7. The Morgan fingerprint density at radius 3 is 1.29 bits per heavy atom. The van der Waals surface area contributed by atoms with Crippen LogP contribution < -0.4 is 0 Å². The fourth-order valence-corrected chi connectivity index (χ4v) is 0.668. The van der Waals surface area contributed by atoms with E-state index in [0.29, 0.717) is 0 Å². The molecular weight excluding hydrogens is 321 g/mol. The van der Waals surface area contributed by atoms with Gasteiger partial charge in [0, 0.05) is 0 Å². The van der Waals surface area contributed by atoms with Crippen LogP contribution in [0.25, 0.3) is 0 Å². The van der Waals surface area contributed by atoms with Gasteiger partial charge in [0.1, 0.15) is 18.3 Å². The Labute approximate surface area is 150 Å². The van der Waals surface area contributed by atoms with Gasteiger partial charge >= 0.3 is 64.0 Å². The van der Waals surface area contributed by atoms with Crippen molar-refractivity contribution in [3.8, 4) is 0 Å². The van der Waals surface area contributed by atoms with E-state index in [-0.39, 0.29) is 46.1 Å². The third kappa shape index (κ3) is 13.1. The van der Waals surface area contributed by atoms with Crippen LogP contribution in [0.15, 0.2) is 0 Å². The lowest BCUT2D eigenvalue weighted by molar-refractivity contribution is -0.164. The summed E-state index contributed by atoms with van der Waals surface area (Å²) in [5.74, 6) is -5.37. The Morgan fingerprint density at radius 1 is 0.762 bits per heavy atom. The maximum Gasteiger partial charge on any atom is 0.414 e. The van der Waals surface area contributed by atoms with Crippen molar-refractivity contribution >= 4 is 64.0 Å². The predicted octanol–water partition coefficient (Wildman–Crippen LogP) is -6.17. The van der Waals surface area contributed by atoms with Gasteiger partial charge in [0.25, 0.3) is 0 Å². The van der Waals surface area contributed by atoms with Crippen LogP contribution >= 0.6 is 0 Å². The number of hydrogen-bond donors (Lipinski definition) is 8. The van der Waals surface area contributed by atoms with E-state index in [2.05, 4.69) is 0 Å². The van der Waals surface area contributed by atoms with E-state index >= 15 is 0 Å². The molecule has 0 unspecified atom stereocenters. The molecule has 0 amide bonds. The number of aliphatic carboxylic acids is 3. The first-order valence-electron chi connectivity index (χ1n) is 4.58. The molecule has 0 rings (SSSR count). The van der Waals surface area contributed by atoms with Gasteiger partial charge in [-0.15, -0.1) is 0 Å². The molecule has 0 radical (unpaired) electrons. The van der Waals surface area contributed by atoms with Crippen molar-refractivity contribution in [3.05, 3.63) is 0 Å². The lowest BCUT2D eigenvalue weighted by Gasteiger charge is -2.23. The summed E-state index contributed by atoms with van der Waals surface area (Å²) in [5.41, 5.74) is 0. The molecule has 0 fully saturated rings. The van der Waals surface area contributed by atoms with E-state index in [1.165, 1.54) is 0 Å². The molecule has 0 aromatic rings. The van der Waals surface area contributed by atoms with Crippen LogP contribution in [-0.2, 0) is 14.4 Å². The summed E-state index contributed by atoms with van der Waals surface area (Å²) in [7, 11) is 0. The normalized spacial score (nSPS) is 14.7. The minimum Gasteiger partial charge on any atom is -0.479 e. The van der Waals surface area contributed by atoms with Crippen molar-refractivity contribution in [2.24, 2.45) is 0 Å². The molecule has 21 heavy (non-hydrogen) atoms. The molecular formula is C8H18Mg2O11. The van der Waals surface area contributed by atoms with E-state index in [1.807, 2.05) is 0 Å². The van der Waals surface area contributed by atoms with Crippen molar-refractivity contribution in [2.75, 3.05) is 6.61 Å². The second kappa shape index (κ2) is 14.7. The Hall–Kier alpha value is -0.258. The number of carboxylic acid groups (broad SMARTS) is 3. The summed E-state index contributed by atoms with van der Waals surface area (Å²) in [6.07, 6.45) is -7.84. The highest BCUT2D eigenvalue weighted by atomic mass is 24.3. The molecule has 0 aliphatic carbocycles. The van der Waals surface area contributed by atoms with Crippen molar-refractivity contribution in [1.82, 2.24) is 0 Å². The first-order valence-corrected chi connectivity index (χ1v) is 4.58. The SMILES string of the molecule is O=C(O)C(=O)O.O=C(O)[C@H](O)[C@@H](O)[C@H](O)[C@H](O)CO.[MgH2].[MgH2]. The van der Waals surface area contributed by atoms with E-state index < -0.39 is 48.9 Å². The van der Waals surface area contributed by atoms with Crippen LogP contribution in [0.5, 0.6) is 0 Å². The summed E-state index contributed by atoms with van der Waals surface area (Å²) in [4.78, 5) is 28.3. The number of aliphatic hydroxyl groups excluding tert-OH is 5. The van der Waals surface area contributed by atoms with Crippen molar-refractivity contribution < 1.29 is 55.2 Å². The summed E-state index contributed by atoms with van der Waals surface area (Å²) in [5, 5.41) is 66.6. The summed E-state index contributed by atoms with van der Waals surface area (Å²) >= 11 is 0. The minimum atomic E-state index is -2.20. The average molecular weight is 339 g/mol. The van der Waals surface area contributed by atoms with E-state index in [4.69, 9.17) is 50.4 Å². The van der Waals surface area contributed by atoms with Crippen LogP contribution in [0.4, 0.5) is 0 Å². The minimum absolute atomic E-state index is 0. The molecule has 0 heterocycles. The van der Waals surface area contributed by atoms with Crippen molar-refractivity contribution in [1.29, 1.82) is 0 Å². The smallest absolute Gasteiger partial charge is 0.414 e. The Kier molecular flexibility index (Phi) is 20.1.